The number of hydrogen-bond acceptors (Lipinski definition) is 3. The molecule has 6 heteroatoms. The van der Waals surface area contributed by atoms with Crippen LogP contribution in [-0.2, 0) is 9.53 Å². The van der Waals surface area contributed by atoms with Gasteiger partial charge in [0.25, 0.3) is 0 Å². The fourth-order valence-electron chi connectivity index (χ4n) is 3.13. The van der Waals surface area contributed by atoms with Crippen LogP contribution in [0, 0.1) is 11.8 Å². The van der Waals surface area contributed by atoms with Gasteiger partial charge in [0.15, 0.2) is 0 Å². The highest BCUT2D eigenvalue weighted by atomic mass is 16.5. The quantitative estimate of drug-likeness (QED) is 0.732. The van der Waals surface area contributed by atoms with Gasteiger partial charge in [0.2, 0.25) is 0 Å². The first-order valence-corrected chi connectivity index (χ1v) is 8.00. The average Bonchev–Trinajstić information content (AvgIpc) is 3.00. The number of ether oxygens (including phenoxy) is 1. The Morgan fingerprint density at radius 1 is 1.19 bits per heavy atom. The van der Waals surface area contributed by atoms with Crippen molar-refractivity contribution in [1.29, 1.82) is 0 Å². The monoisotopic (exact) mass is 298 g/mol. The maximum Gasteiger partial charge on any atom is 0.317 e. The van der Waals surface area contributed by atoms with E-state index in [0.717, 1.165) is 13.0 Å². The molecule has 120 valence electrons. The lowest BCUT2D eigenvalue weighted by atomic mass is 9.99. The Bertz CT molecular complexity index is 356. The molecule has 0 aromatic heterocycles. The highest BCUT2D eigenvalue weighted by Gasteiger charge is 2.27. The Balaban J connectivity index is 1.57. The molecule has 0 spiro atoms. The summed E-state index contributed by atoms with van der Waals surface area (Å²) in [6.45, 7) is 2.75. The fraction of sp³-hybridized carbons (Fsp3) is 0.867. The Hall–Kier alpha value is -1.30. The molecule has 0 bridgehead atoms. The highest BCUT2D eigenvalue weighted by molar-refractivity contribution is 5.76. The van der Waals surface area contributed by atoms with Crippen LogP contribution in [0.15, 0.2) is 0 Å². The molecule has 21 heavy (non-hydrogen) atoms. The van der Waals surface area contributed by atoms with Gasteiger partial charge < -0.3 is 20.1 Å². The lowest BCUT2D eigenvalue weighted by molar-refractivity contribution is -0.143. The van der Waals surface area contributed by atoms with Gasteiger partial charge in [0, 0.05) is 26.2 Å². The number of likely N-dealkylation sites (tertiary alicyclic amines) is 1. The second-order valence-corrected chi connectivity index (χ2v) is 6.08. The van der Waals surface area contributed by atoms with E-state index in [1.807, 2.05) is 0 Å². The third-order valence-electron chi connectivity index (χ3n) is 4.41. The van der Waals surface area contributed by atoms with E-state index in [2.05, 4.69) is 5.32 Å². The molecule has 0 aromatic carbocycles. The van der Waals surface area contributed by atoms with Crippen LogP contribution < -0.4 is 5.32 Å². The number of piperidine rings is 1. The largest absolute Gasteiger partial charge is 0.481 e. The summed E-state index contributed by atoms with van der Waals surface area (Å²) in [5.41, 5.74) is 0. The van der Waals surface area contributed by atoms with Crippen molar-refractivity contribution in [3.05, 3.63) is 0 Å². The predicted molar refractivity (Wildman–Crippen MR) is 78.1 cm³/mol. The molecule has 1 unspecified atom stereocenters. The Morgan fingerprint density at radius 2 is 1.95 bits per heavy atom. The van der Waals surface area contributed by atoms with Gasteiger partial charge in [-0.15, -0.1) is 0 Å². The second-order valence-electron chi connectivity index (χ2n) is 6.08. The smallest absolute Gasteiger partial charge is 0.317 e. The molecule has 2 fully saturated rings. The maximum atomic E-state index is 12.0. The first kappa shape index (κ1) is 16.1. The molecule has 2 amide bonds. The minimum absolute atomic E-state index is 0.176. The van der Waals surface area contributed by atoms with E-state index in [4.69, 9.17) is 9.84 Å². The van der Waals surface area contributed by atoms with Crippen molar-refractivity contribution in [3.8, 4) is 0 Å². The molecular weight excluding hydrogens is 272 g/mol. The van der Waals surface area contributed by atoms with Crippen LogP contribution >= 0.6 is 0 Å². The summed E-state index contributed by atoms with van der Waals surface area (Å²) >= 11 is 0. The number of carboxylic acids is 1. The van der Waals surface area contributed by atoms with Crippen molar-refractivity contribution < 1.29 is 19.4 Å². The van der Waals surface area contributed by atoms with E-state index < -0.39 is 11.9 Å². The minimum atomic E-state index is -0.813. The summed E-state index contributed by atoms with van der Waals surface area (Å²) < 4.78 is 5.59. The molecule has 0 aromatic rings. The number of nitrogens with zero attached hydrogens (tertiary/aromatic N) is 1. The molecule has 1 saturated carbocycles. The van der Waals surface area contributed by atoms with Gasteiger partial charge >= 0.3 is 12.0 Å². The predicted octanol–water partition coefficient (Wildman–Crippen LogP) is 1.70. The number of carbonyl (C=O) groups is 2. The van der Waals surface area contributed by atoms with Gasteiger partial charge in [-0.05, 0) is 31.6 Å². The first-order valence-electron chi connectivity index (χ1n) is 8.00. The third-order valence-corrected chi connectivity index (χ3v) is 4.41. The Morgan fingerprint density at radius 3 is 2.67 bits per heavy atom. The van der Waals surface area contributed by atoms with E-state index in [-0.39, 0.29) is 6.03 Å². The first-order chi connectivity index (χ1) is 10.2. The van der Waals surface area contributed by atoms with Crippen molar-refractivity contribution in [3.63, 3.8) is 0 Å². The van der Waals surface area contributed by atoms with Gasteiger partial charge in [-0.1, -0.05) is 12.8 Å². The zero-order chi connectivity index (χ0) is 15.1. The normalized spacial score (nSPS) is 23.2. The molecule has 1 heterocycles. The molecule has 6 nitrogen and oxygen atoms in total. The maximum absolute atomic E-state index is 12.0. The summed E-state index contributed by atoms with van der Waals surface area (Å²) in [5.74, 6) is -0.547. The molecule has 2 aliphatic rings. The van der Waals surface area contributed by atoms with Crippen molar-refractivity contribution >= 4 is 12.0 Å². The van der Waals surface area contributed by atoms with Crippen LogP contribution in [0.2, 0.25) is 0 Å². The van der Waals surface area contributed by atoms with E-state index in [9.17, 15) is 9.59 Å². The third kappa shape index (κ3) is 5.19. The van der Waals surface area contributed by atoms with Crippen LogP contribution in [0.25, 0.3) is 0 Å². The van der Waals surface area contributed by atoms with E-state index in [1.54, 1.807) is 4.90 Å². The Kier molecular flexibility index (Phi) is 6.29. The number of urea groups is 1. The number of nitrogens with one attached hydrogen (secondary N) is 1. The standard InChI is InChI=1S/C15H26N2O4/c18-14(19)13-6-3-8-17(10-13)15(20)16-7-9-21-11-12-4-1-2-5-12/h12-13H,1-11H2,(H,16,20)(H,18,19). The molecule has 0 radical (unpaired) electrons. The van der Waals surface area contributed by atoms with E-state index in [1.165, 1.54) is 25.7 Å². The minimum Gasteiger partial charge on any atom is -0.481 e. The van der Waals surface area contributed by atoms with E-state index in [0.29, 0.717) is 38.6 Å². The second kappa shape index (κ2) is 8.22. The zero-order valence-corrected chi connectivity index (χ0v) is 12.6. The summed E-state index contributed by atoms with van der Waals surface area (Å²) in [4.78, 5) is 24.5. The van der Waals surface area contributed by atoms with Crippen molar-refractivity contribution in [2.24, 2.45) is 11.8 Å². The van der Waals surface area contributed by atoms with E-state index >= 15 is 0 Å². The molecule has 1 atom stereocenters. The summed E-state index contributed by atoms with van der Waals surface area (Å²) in [6.07, 6.45) is 6.55. The lowest BCUT2D eigenvalue weighted by Gasteiger charge is -2.30. The van der Waals surface area contributed by atoms with Gasteiger partial charge in [-0.25, -0.2) is 4.79 Å². The molecule has 1 aliphatic heterocycles. The van der Waals surface area contributed by atoms with Gasteiger partial charge in [0.1, 0.15) is 0 Å². The number of carboxylic acid groups (broad SMARTS) is 1. The van der Waals surface area contributed by atoms with Gasteiger partial charge in [0.05, 0.1) is 12.5 Å². The SMILES string of the molecule is O=C(O)C1CCCN(C(=O)NCCOCC2CCCC2)C1. The van der Waals surface area contributed by atoms with Gasteiger partial charge in [-0.2, -0.15) is 0 Å². The van der Waals surface area contributed by atoms with Crippen LogP contribution in [0.4, 0.5) is 4.79 Å². The Labute approximate surface area is 125 Å². The van der Waals surface area contributed by atoms with Crippen LogP contribution in [0.1, 0.15) is 38.5 Å². The zero-order valence-electron chi connectivity index (χ0n) is 12.6. The number of rotatable bonds is 6. The molecule has 2 N–H and O–H groups in total. The molecular formula is C15H26N2O4. The summed E-state index contributed by atoms with van der Waals surface area (Å²) in [5, 5.41) is 11.8. The lowest BCUT2D eigenvalue weighted by Crippen LogP contribution is -2.47. The summed E-state index contributed by atoms with van der Waals surface area (Å²) in [6, 6.07) is -0.176. The van der Waals surface area contributed by atoms with Crippen molar-refractivity contribution in [2.75, 3.05) is 32.8 Å². The molecule has 2 rings (SSSR count). The summed E-state index contributed by atoms with van der Waals surface area (Å²) in [7, 11) is 0. The van der Waals surface area contributed by atoms with Crippen LogP contribution in [0.5, 0.6) is 0 Å². The van der Waals surface area contributed by atoms with Crippen LogP contribution in [-0.4, -0.2) is 54.9 Å². The van der Waals surface area contributed by atoms with Crippen molar-refractivity contribution in [1.82, 2.24) is 10.2 Å². The molecule has 1 saturated heterocycles. The van der Waals surface area contributed by atoms with Crippen molar-refractivity contribution in [2.45, 2.75) is 38.5 Å². The number of aliphatic carboxylic acids is 1. The fourth-order valence-corrected chi connectivity index (χ4v) is 3.13. The molecule has 1 aliphatic carbocycles. The number of amides is 2. The number of hydrogen-bond donors (Lipinski definition) is 2. The average molecular weight is 298 g/mol. The van der Waals surface area contributed by atoms with Crippen LogP contribution in [0.3, 0.4) is 0 Å². The van der Waals surface area contributed by atoms with Gasteiger partial charge in [-0.3, -0.25) is 4.79 Å². The number of carbonyl (C=O) groups excluding carboxylic acids is 1. The highest BCUT2D eigenvalue weighted by Crippen LogP contribution is 2.24. The topological polar surface area (TPSA) is 78.9 Å².